The van der Waals surface area contributed by atoms with Gasteiger partial charge in [-0.15, -0.1) is 21.7 Å². The van der Waals surface area contributed by atoms with E-state index in [1.54, 1.807) is 55.4 Å². The van der Waals surface area contributed by atoms with Gasteiger partial charge in [0.05, 0.1) is 25.7 Å². The van der Waals surface area contributed by atoms with Crippen LogP contribution in [-0.2, 0) is 56.9 Å². The minimum Gasteiger partial charge on any atom is -0.331 e. The molecule has 0 aliphatic carbocycles. The Hall–Kier alpha value is -2.06. The molecule has 8 nitrogen and oxygen atoms in total. The van der Waals surface area contributed by atoms with Gasteiger partial charge in [-0.3, -0.25) is 19.2 Å². The summed E-state index contributed by atoms with van der Waals surface area (Å²) >= 11 is 0. The van der Waals surface area contributed by atoms with E-state index in [-0.39, 0.29) is 90.5 Å². The quantitative estimate of drug-likeness (QED) is 0.141. The van der Waals surface area contributed by atoms with Crippen molar-refractivity contribution >= 4 is 46.3 Å². The van der Waals surface area contributed by atoms with Crippen LogP contribution in [0.1, 0.15) is 164 Å². The van der Waals surface area contributed by atoms with Crippen molar-refractivity contribution in [1.82, 2.24) is 0 Å². The average molecular weight is 784 g/mol. The Balaban J connectivity index is -0.000000192. The van der Waals surface area contributed by atoms with Crippen LogP contribution in [0.3, 0.4) is 0 Å². The van der Waals surface area contributed by atoms with Crippen LogP contribution in [0.4, 0.5) is 0 Å². The van der Waals surface area contributed by atoms with Gasteiger partial charge in [-0.1, -0.05) is 138 Å². The maximum Gasteiger partial charge on any atom is 4.00 e. The number of Topliss-reactive ketones (excluding diaryl/α,β-unsaturated/α-hetero) is 8. The first-order chi connectivity index (χ1) is 22.2. The summed E-state index contributed by atoms with van der Waals surface area (Å²) in [6.45, 7) is 50.5. The molecule has 0 heterocycles. The molecule has 0 unspecified atom stereocenters. The van der Waals surface area contributed by atoms with Crippen LogP contribution in [0.15, 0.2) is 0 Å². The second-order valence-electron chi connectivity index (χ2n) is 20.6. The van der Waals surface area contributed by atoms with Crippen LogP contribution in [-0.4, -0.2) is 46.3 Å². The molecular formula is C44H76O8V. The van der Waals surface area contributed by atoms with E-state index in [2.05, 4.69) is 27.7 Å². The summed E-state index contributed by atoms with van der Waals surface area (Å²) in [6, 6.07) is 0. The number of carbonyl (C=O) groups is 8. The van der Waals surface area contributed by atoms with Gasteiger partial charge in [-0.25, -0.2) is 0 Å². The molecule has 0 saturated heterocycles. The molecule has 0 amide bonds. The summed E-state index contributed by atoms with van der Waals surface area (Å²) in [5.74, 6) is -0.438. The Labute approximate surface area is 337 Å². The average Bonchev–Trinajstić information content (AvgIpc) is 2.85. The molecule has 305 valence electrons. The van der Waals surface area contributed by atoms with Gasteiger partial charge < -0.3 is 46.9 Å². The number of carbonyl (C=O) groups excluding carboxylic acids is 8. The summed E-state index contributed by atoms with van der Waals surface area (Å²) in [7, 11) is 0. The van der Waals surface area contributed by atoms with Crippen LogP contribution in [0.2, 0.25) is 0 Å². The van der Waals surface area contributed by atoms with Crippen LogP contribution in [0.25, 0.3) is 0 Å². The van der Waals surface area contributed by atoms with Crippen molar-refractivity contribution in [1.29, 1.82) is 0 Å². The Bertz CT molecular complexity index is 964. The van der Waals surface area contributed by atoms with Crippen molar-refractivity contribution in [3.05, 3.63) is 27.7 Å². The third kappa shape index (κ3) is 29.9. The summed E-state index contributed by atoms with van der Waals surface area (Å²) in [6.07, 6.45) is -0.000000000000000888. The molecule has 0 aromatic heterocycles. The second kappa shape index (κ2) is 21.9. The zero-order valence-corrected chi connectivity index (χ0v) is 38.8. The molecule has 0 aromatic carbocycles. The first kappa shape index (κ1) is 60.2. The maximum absolute atomic E-state index is 11.5. The third-order valence-corrected chi connectivity index (χ3v) is 7.65. The molecule has 0 atom stereocenters. The van der Waals surface area contributed by atoms with Crippen LogP contribution in [0.5, 0.6) is 0 Å². The fraction of sp³-hybridized carbons (Fsp3) is 0.727. The van der Waals surface area contributed by atoms with Crippen LogP contribution < -0.4 is 0 Å². The van der Waals surface area contributed by atoms with E-state index in [1.165, 1.54) is 0 Å². The topological polar surface area (TPSA) is 137 Å². The van der Waals surface area contributed by atoms with Crippen LogP contribution >= 0.6 is 0 Å². The first-order valence-electron chi connectivity index (χ1n) is 17.9. The molecule has 53 heavy (non-hydrogen) atoms. The molecule has 0 bridgehead atoms. The molecule has 0 saturated carbocycles. The van der Waals surface area contributed by atoms with E-state index in [0.29, 0.717) is 0 Å². The molecule has 0 aliphatic heterocycles. The Morgan fingerprint density at radius 2 is 0.358 bits per heavy atom. The number of hydrogen-bond donors (Lipinski definition) is 0. The molecule has 0 spiro atoms. The van der Waals surface area contributed by atoms with Gasteiger partial charge in [-0.05, 0) is 0 Å². The second-order valence-corrected chi connectivity index (χ2v) is 20.6. The molecule has 0 rings (SSSR count). The van der Waals surface area contributed by atoms with E-state index in [4.69, 9.17) is 0 Å². The minimum atomic E-state index is -0.652. The third-order valence-electron chi connectivity index (χ3n) is 7.65. The molecule has 0 aromatic rings. The SMILES string of the molecule is [CH2-]C(C)(C)C(=O)CC(=O)C(C)(C)C.[CH2-]C(C)(C)C(=O)CC(=O)C(C)(C)C.[CH2-]C(C)(C)C(=O)CC(=O)C(C)(C)C.[CH2-]C(C)(C)C(=O)CC(=O)C(C)(C)C.[V+4]. The van der Waals surface area contributed by atoms with Crippen molar-refractivity contribution in [2.45, 2.75) is 164 Å². The van der Waals surface area contributed by atoms with Gasteiger partial charge in [0, 0.05) is 21.7 Å². The van der Waals surface area contributed by atoms with Crippen molar-refractivity contribution in [2.75, 3.05) is 0 Å². The van der Waals surface area contributed by atoms with Gasteiger partial charge >= 0.3 is 18.6 Å². The molecular weight excluding hydrogens is 707 g/mol. The minimum absolute atomic E-state index is 0. The summed E-state index contributed by atoms with van der Waals surface area (Å²) in [4.78, 5) is 91.6. The van der Waals surface area contributed by atoms with Crippen molar-refractivity contribution in [3.8, 4) is 0 Å². The van der Waals surface area contributed by atoms with E-state index in [1.807, 2.05) is 83.1 Å². The fourth-order valence-electron chi connectivity index (χ4n) is 2.60. The summed E-state index contributed by atoms with van der Waals surface area (Å²) in [5.41, 5.74) is -4.33. The van der Waals surface area contributed by atoms with Crippen LogP contribution in [0, 0.1) is 71.0 Å². The normalized spacial score (nSPS) is 12.5. The maximum atomic E-state index is 11.5. The van der Waals surface area contributed by atoms with Gasteiger partial charge in [0.25, 0.3) is 0 Å². The standard InChI is InChI=1S/4C11H19O2.V/c4*1-10(2,3)8(12)7-9(13)11(4,5)6;/h4*1,7H2,2-6H3;/q4*-1;+4. The summed E-state index contributed by atoms with van der Waals surface area (Å²) in [5, 5.41) is 0. The number of hydrogen-bond acceptors (Lipinski definition) is 8. The molecule has 1 radical (unpaired) electrons. The fourth-order valence-corrected chi connectivity index (χ4v) is 2.60. The summed E-state index contributed by atoms with van der Waals surface area (Å²) < 4.78 is 0. The molecule has 9 heteroatoms. The van der Waals surface area contributed by atoms with Crippen molar-refractivity contribution < 1.29 is 56.9 Å². The van der Waals surface area contributed by atoms with Gasteiger partial charge in [0.1, 0.15) is 46.3 Å². The zero-order valence-electron chi connectivity index (χ0n) is 37.4. The zero-order chi connectivity index (χ0) is 43.4. The van der Waals surface area contributed by atoms with E-state index in [9.17, 15) is 38.4 Å². The largest absolute Gasteiger partial charge is 4.00 e. The predicted octanol–water partition coefficient (Wildman–Crippen LogP) is 9.68. The van der Waals surface area contributed by atoms with Gasteiger partial charge in [0.2, 0.25) is 0 Å². The predicted molar refractivity (Wildman–Crippen MR) is 213 cm³/mol. The van der Waals surface area contributed by atoms with Gasteiger partial charge in [-0.2, -0.15) is 0 Å². The Morgan fingerprint density at radius 1 is 0.264 bits per heavy atom. The van der Waals surface area contributed by atoms with Crippen molar-refractivity contribution in [3.63, 3.8) is 0 Å². The molecule has 0 aliphatic rings. The number of rotatable bonds is 12. The Morgan fingerprint density at radius 3 is 0.415 bits per heavy atom. The monoisotopic (exact) mass is 783 g/mol. The first-order valence-corrected chi connectivity index (χ1v) is 17.9. The smallest absolute Gasteiger partial charge is 0.331 e. The van der Waals surface area contributed by atoms with Gasteiger partial charge in [0.15, 0.2) is 0 Å². The Kier molecular flexibility index (Phi) is 24.9. The van der Waals surface area contributed by atoms with E-state index < -0.39 is 43.3 Å². The van der Waals surface area contributed by atoms with E-state index in [0.717, 1.165) is 0 Å². The number of ketones is 8. The van der Waals surface area contributed by atoms with E-state index >= 15 is 0 Å². The van der Waals surface area contributed by atoms with Crippen molar-refractivity contribution in [2.24, 2.45) is 43.3 Å². The molecule has 0 N–H and O–H groups in total. The molecule has 0 fully saturated rings.